The van der Waals surface area contributed by atoms with Crippen molar-refractivity contribution in [3.8, 4) is 0 Å². The minimum atomic E-state index is -0.647. The third-order valence-electron chi connectivity index (χ3n) is 4.84. The smallest absolute Gasteiger partial charge is 0.240 e. The first-order valence-corrected chi connectivity index (χ1v) is 6.93. The Morgan fingerprint density at radius 3 is 2.76 bits per heavy atom. The van der Waals surface area contributed by atoms with Gasteiger partial charge in [0, 0.05) is 18.6 Å². The van der Waals surface area contributed by atoms with Gasteiger partial charge in [0.25, 0.3) is 0 Å². The summed E-state index contributed by atoms with van der Waals surface area (Å²) in [6, 6.07) is 0.917. The number of nitrogens with two attached hydrogens (primary N) is 1. The summed E-state index contributed by atoms with van der Waals surface area (Å²) < 4.78 is 0. The fourth-order valence-corrected chi connectivity index (χ4v) is 3.44. The maximum atomic E-state index is 12.2. The first-order chi connectivity index (χ1) is 8.09. The lowest BCUT2D eigenvalue weighted by atomic mass is 9.95. The molecule has 1 amide bonds. The van der Waals surface area contributed by atoms with Gasteiger partial charge in [-0.1, -0.05) is 0 Å². The second-order valence-corrected chi connectivity index (χ2v) is 6.17. The van der Waals surface area contributed by atoms with Gasteiger partial charge in [-0.25, -0.2) is 0 Å². The zero-order valence-corrected chi connectivity index (χ0v) is 10.6. The normalized spacial score (nSPS) is 36.6. The van der Waals surface area contributed by atoms with E-state index in [0.29, 0.717) is 18.0 Å². The van der Waals surface area contributed by atoms with Crippen LogP contribution in [0, 0.1) is 5.92 Å². The molecule has 3 rings (SSSR count). The molecule has 4 heteroatoms. The van der Waals surface area contributed by atoms with E-state index in [1.54, 1.807) is 0 Å². The average molecular weight is 237 g/mol. The molecule has 96 valence electrons. The van der Waals surface area contributed by atoms with Gasteiger partial charge in [-0.05, 0) is 51.5 Å². The predicted octanol–water partition coefficient (Wildman–Crippen LogP) is 0.467. The first kappa shape index (κ1) is 11.5. The van der Waals surface area contributed by atoms with E-state index in [1.807, 2.05) is 6.92 Å². The molecule has 0 aromatic carbocycles. The minimum Gasteiger partial charge on any atom is -0.350 e. The van der Waals surface area contributed by atoms with Gasteiger partial charge in [0.1, 0.15) is 0 Å². The molecule has 3 atom stereocenters. The Balaban J connectivity index is 1.61. The van der Waals surface area contributed by atoms with E-state index in [-0.39, 0.29) is 5.91 Å². The Hall–Kier alpha value is -0.610. The van der Waals surface area contributed by atoms with Crippen LogP contribution in [0.1, 0.15) is 39.0 Å². The number of nitrogens with one attached hydrogen (secondary N) is 1. The highest BCUT2D eigenvalue weighted by Gasteiger charge is 2.46. The molecule has 0 spiro atoms. The molecule has 3 fully saturated rings. The fraction of sp³-hybridized carbons (Fsp3) is 0.923. The third kappa shape index (κ3) is 1.97. The Morgan fingerprint density at radius 2 is 2.06 bits per heavy atom. The van der Waals surface area contributed by atoms with Crippen molar-refractivity contribution in [1.29, 1.82) is 0 Å². The Morgan fingerprint density at radius 1 is 1.29 bits per heavy atom. The van der Waals surface area contributed by atoms with E-state index in [4.69, 9.17) is 5.73 Å². The molecule has 2 aliphatic heterocycles. The maximum absolute atomic E-state index is 12.2. The van der Waals surface area contributed by atoms with Crippen molar-refractivity contribution in [1.82, 2.24) is 10.2 Å². The van der Waals surface area contributed by atoms with E-state index in [1.165, 1.54) is 19.4 Å². The van der Waals surface area contributed by atoms with Crippen molar-refractivity contribution >= 4 is 5.91 Å². The molecule has 17 heavy (non-hydrogen) atoms. The highest BCUT2D eigenvalue weighted by molar-refractivity contribution is 5.86. The number of carbonyl (C=O) groups excluding carboxylic acids is 1. The molecule has 3 unspecified atom stereocenters. The van der Waals surface area contributed by atoms with Crippen LogP contribution >= 0.6 is 0 Å². The van der Waals surface area contributed by atoms with E-state index >= 15 is 0 Å². The van der Waals surface area contributed by atoms with Crippen LogP contribution in [0.5, 0.6) is 0 Å². The number of hydrogen-bond acceptors (Lipinski definition) is 3. The molecule has 2 saturated heterocycles. The van der Waals surface area contributed by atoms with Crippen molar-refractivity contribution < 1.29 is 4.79 Å². The summed E-state index contributed by atoms with van der Waals surface area (Å²) in [6.07, 6.45) is 5.83. The van der Waals surface area contributed by atoms with Crippen LogP contribution in [0.2, 0.25) is 0 Å². The van der Waals surface area contributed by atoms with Crippen molar-refractivity contribution in [2.75, 3.05) is 13.1 Å². The van der Waals surface area contributed by atoms with Crippen molar-refractivity contribution in [2.24, 2.45) is 11.7 Å². The van der Waals surface area contributed by atoms with Crippen molar-refractivity contribution in [3.63, 3.8) is 0 Å². The van der Waals surface area contributed by atoms with E-state index in [9.17, 15) is 4.79 Å². The Labute approximate surface area is 103 Å². The van der Waals surface area contributed by atoms with Gasteiger partial charge in [0.15, 0.2) is 0 Å². The van der Waals surface area contributed by atoms with Crippen LogP contribution < -0.4 is 11.1 Å². The molecule has 0 radical (unpaired) electrons. The topological polar surface area (TPSA) is 58.4 Å². The molecule has 0 bridgehead atoms. The van der Waals surface area contributed by atoms with Crippen molar-refractivity contribution in [2.45, 2.75) is 56.7 Å². The second kappa shape index (κ2) is 3.95. The lowest BCUT2D eigenvalue weighted by molar-refractivity contribution is -0.127. The summed E-state index contributed by atoms with van der Waals surface area (Å²) >= 11 is 0. The van der Waals surface area contributed by atoms with Gasteiger partial charge in [0.2, 0.25) is 5.91 Å². The van der Waals surface area contributed by atoms with E-state index in [2.05, 4.69) is 10.2 Å². The number of nitrogens with zero attached hydrogens (tertiary/aromatic N) is 1. The number of rotatable bonds is 3. The second-order valence-electron chi connectivity index (χ2n) is 6.17. The summed E-state index contributed by atoms with van der Waals surface area (Å²) in [5.41, 5.74) is 5.51. The summed E-state index contributed by atoms with van der Waals surface area (Å²) in [4.78, 5) is 14.7. The molecule has 2 heterocycles. The summed E-state index contributed by atoms with van der Waals surface area (Å²) in [6.45, 7) is 4.24. The molecular weight excluding hydrogens is 214 g/mol. The SMILES string of the molecule is CC(N)(C(=O)NC1CCN2CCCC12)C1CC1. The highest BCUT2D eigenvalue weighted by Crippen LogP contribution is 2.38. The van der Waals surface area contributed by atoms with Gasteiger partial charge in [0.05, 0.1) is 5.54 Å². The lowest BCUT2D eigenvalue weighted by Gasteiger charge is -2.28. The quantitative estimate of drug-likeness (QED) is 0.750. The van der Waals surface area contributed by atoms with Gasteiger partial charge in [-0.15, -0.1) is 0 Å². The molecule has 0 aromatic rings. The molecular formula is C13H23N3O. The lowest BCUT2D eigenvalue weighted by Crippen LogP contribution is -2.57. The number of amides is 1. The first-order valence-electron chi connectivity index (χ1n) is 6.93. The molecule has 1 aliphatic carbocycles. The summed E-state index contributed by atoms with van der Waals surface area (Å²) in [5.74, 6) is 0.474. The van der Waals surface area contributed by atoms with E-state index < -0.39 is 5.54 Å². The molecule has 3 aliphatic rings. The molecule has 0 aromatic heterocycles. The van der Waals surface area contributed by atoms with Crippen LogP contribution in [-0.4, -0.2) is 41.5 Å². The Kier molecular flexibility index (Phi) is 2.67. The molecule has 1 saturated carbocycles. The summed E-state index contributed by atoms with van der Waals surface area (Å²) in [7, 11) is 0. The molecule has 4 nitrogen and oxygen atoms in total. The average Bonchev–Trinajstić information content (AvgIpc) is 2.94. The minimum absolute atomic E-state index is 0.0683. The molecule has 3 N–H and O–H groups in total. The van der Waals surface area contributed by atoms with Crippen LogP contribution in [-0.2, 0) is 4.79 Å². The van der Waals surface area contributed by atoms with Gasteiger partial charge in [-0.2, -0.15) is 0 Å². The van der Waals surface area contributed by atoms with Gasteiger partial charge in [-0.3, -0.25) is 9.69 Å². The monoisotopic (exact) mass is 237 g/mol. The number of carbonyl (C=O) groups is 1. The third-order valence-corrected chi connectivity index (χ3v) is 4.84. The van der Waals surface area contributed by atoms with E-state index in [0.717, 1.165) is 25.8 Å². The van der Waals surface area contributed by atoms with Crippen LogP contribution in [0.15, 0.2) is 0 Å². The Bertz CT molecular complexity index is 325. The van der Waals surface area contributed by atoms with Crippen LogP contribution in [0.3, 0.4) is 0 Å². The zero-order valence-electron chi connectivity index (χ0n) is 10.6. The number of hydrogen-bond donors (Lipinski definition) is 2. The predicted molar refractivity (Wildman–Crippen MR) is 66.5 cm³/mol. The standard InChI is InChI=1S/C13H23N3O/c1-13(14,9-4-5-9)12(17)15-10-6-8-16-7-2-3-11(10)16/h9-11H,2-8,14H2,1H3,(H,15,17). The van der Waals surface area contributed by atoms with Crippen molar-refractivity contribution in [3.05, 3.63) is 0 Å². The fourth-order valence-electron chi connectivity index (χ4n) is 3.44. The largest absolute Gasteiger partial charge is 0.350 e. The zero-order chi connectivity index (χ0) is 12.0. The highest BCUT2D eigenvalue weighted by atomic mass is 16.2. The van der Waals surface area contributed by atoms with Crippen LogP contribution in [0.4, 0.5) is 0 Å². The maximum Gasteiger partial charge on any atom is 0.240 e. The van der Waals surface area contributed by atoms with Gasteiger partial charge >= 0.3 is 0 Å². The van der Waals surface area contributed by atoms with Crippen LogP contribution in [0.25, 0.3) is 0 Å². The summed E-state index contributed by atoms with van der Waals surface area (Å²) in [5, 5.41) is 3.21. The number of fused-ring (bicyclic) bond motifs is 1. The van der Waals surface area contributed by atoms with Gasteiger partial charge < -0.3 is 11.1 Å².